The van der Waals surface area contributed by atoms with Crippen molar-refractivity contribution in [3.05, 3.63) is 53.7 Å². The first-order chi connectivity index (χ1) is 10.3. The van der Waals surface area contributed by atoms with Crippen LogP contribution in [0.15, 0.2) is 41.1 Å². The Morgan fingerprint density at radius 1 is 1.38 bits per heavy atom. The molecular formula is C16H18N2O2S. The summed E-state index contributed by atoms with van der Waals surface area (Å²) in [7, 11) is 0. The number of amides is 1. The average Bonchev–Trinajstić information content (AvgIpc) is 2.92. The Morgan fingerprint density at radius 2 is 2.29 bits per heavy atom. The van der Waals surface area contributed by atoms with E-state index in [1.165, 1.54) is 0 Å². The molecule has 4 nitrogen and oxygen atoms in total. The van der Waals surface area contributed by atoms with Gasteiger partial charge in [-0.15, -0.1) is 11.8 Å². The maximum Gasteiger partial charge on any atom is 0.255 e. The van der Waals surface area contributed by atoms with Crippen LogP contribution in [0.1, 0.15) is 33.5 Å². The lowest BCUT2D eigenvalue weighted by molar-refractivity contribution is 0.0765. The fourth-order valence-corrected chi connectivity index (χ4v) is 3.74. The van der Waals surface area contributed by atoms with Crippen LogP contribution in [0.5, 0.6) is 0 Å². The summed E-state index contributed by atoms with van der Waals surface area (Å²) in [5, 5.41) is 0.341. The van der Waals surface area contributed by atoms with Gasteiger partial charge in [-0.3, -0.25) is 9.78 Å². The minimum Gasteiger partial charge on any atom is -0.468 e. The van der Waals surface area contributed by atoms with Crippen LogP contribution < -0.4 is 0 Å². The predicted octanol–water partition coefficient (Wildman–Crippen LogP) is 3.30. The first-order valence-corrected chi connectivity index (χ1v) is 8.16. The Bertz CT molecular complexity index is 612. The van der Waals surface area contributed by atoms with Crippen molar-refractivity contribution < 1.29 is 9.21 Å². The van der Waals surface area contributed by atoms with Gasteiger partial charge in [-0.05, 0) is 37.6 Å². The quantitative estimate of drug-likeness (QED) is 0.854. The number of thioether (sulfide) groups is 1. The topological polar surface area (TPSA) is 46.3 Å². The number of pyridine rings is 1. The van der Waals surface area contributed by atoms with Crippen molar-refractivity contribution in [3.8, 4) is 0 Å². The second kappa shape index (κ2) is 6.35. The number of aromatic nitrogens is 1. The molecule has 0 radical (unpaired) electrons. The number of furan rings is 1. The van der Waals surface area contributed by atoms with Crippen LogP contribution in [-0.4, -0.2) is 34.6 Å². The zero-order valence-electron chi connectivity index (χ0n) is 12.0. The summed E-state index contributed by atoms with van der Waals surface area (Å²) in [6.07, 6.45) is 4.35. The number of hydrogen-bond acceptors (Lipinski definition) is 4. The van der Waals surface area contributed by atoms with Gasteiger partial charge in [0.25, 0.3) is 5.91 Å². The molecular weight excluding hydrogens is 284 g/mol. The fourth-order valence-electron chi connectivity index (χ4n) is 2.56. The van der Waals surface area contributed by atoms with Crippen molar-refractivity contribution in [3.63, 3.8) is 0 Å². The van der Waals surface area contributed by atoms with Crippen LogP contribution in [-0.2, 0) is 0 Å². The zero-order valence-corrected chi connectivity index (χ0v) is 12.8. The van der Waals surface area contributed by atoms with E-state index in [-0.39, 0.29) is 5.91 Å². The van der Waals surface area contributed by atoms with Crippen LogP contribution in [0, 0.1) is 6.92 Å². The van der Waals surface area contributed by atoms with Crippen molar-refractivity contribution in [2.24, 2.45) is 0 Å². The second-order valence-corrected chi connectivity index (χ2v) is 6.40. The third-order valence-corrected chi connectivity index (χ3v) is 5.02. The molecule has 1 atom stereocenters. The predicted molar refractivity (Wildman–Crippen MR) is 83.4 cm³/mol. The Morgan fingerprint density at radius 3 is 3.05 bits per heavy atom. The highest BCUT2D eigenvalue weighted by molar-refractivity contribution is 7.99. The van der Waals surface area contributed by atoms with Gasteiger partial charge in [-0.1, -0.05) is 0 Å². The van der Waals surface area contributed by atoms with E-state index in [0.29, 0.717) is 10.8 Å². The zero-order chi connectivity index (χ0) is 14.7. The minimum absolute atomic E-state index is 0.0845. The van der Waals surface area contributed by atoms with E-state index in [1.54, 1.807) is 12.5 Å². The first-order valence-electron chi connectivity index (χ1n) is 7.11. The van der Waals surface area contributed by atoms with Crippen molar-refractivity contribution in [1.29, 1.82) is 0 Å². The molecule has 2 aromatic heterocycles. The van der Waals surface area contributed by atoms with Crippen LogP contribution in [0.25, 0.3) is 0 Å². The lowest BCUT2D eigenvalue weighted by Crippen LogP contribution is -2.33. The molecule has 0 spiro atoms. The molecule has 3 rings (SSSR count). The summed E-state index contributed by atoms with van der Waals surface area (Å²) in [6.45, 7) is 3.41. The lowest BCUT2D eigenvalue weighted by atomic mass is 10.1. The highest BCUT2D eigenvalue weighted by Gasteiger charge is 2.24. The molecule has 0 aliphatic carbocycles. The number of hydrogen-bond donors (Lipinski definition) is 0. The molecule has 0 bridgehead atoms. The molecule has 110 valence electrons. The van der Waals surface area contributed by atoms with Gasteiger partial charge in [0.2, 0.25) is 0 Å². The van der Waals surface area contributed by atoms with E-state index in [2.05, 4.69) is 4.98 Å². The monoisotopic (exact) mass is 302 g/mol. The molecule has 0 N–H and O–H groups in total. The van der Waals surface area contributed by atoms with Gasteiger partial charge < -0.3 is 9.32 Å². The highest BCUT2D eigenvalue weighted by atomic mass is 32.2. The molecule has 0 aromatic carbocycles. The van der Waals surface area contributed by atoms with Gasteiger partial charge in [0.1, 0.15) is 5.76 Å². The molecule has 1 fully saturated rings. The minimum atomic E-state index is 0.0845. The smallest absolute Gasteiger partial charge is 0.255 e. The second-order valence-electron chi connectivity index (χ2n) is 5.09. The van der Waals surface area contributed by atoms with Gasteiger partial charge in [-0.2, -0.15) is 0 Å². The molecule has 2 aromatic rings. The van der Waals surface area contributed by atoms with Gasteiger partial charge in [0.05, 0.1) is 17.1 Å². The van der Waals surface area contributed by atoms with E-state index in [1.807, 2.05) is 47.9 Å². The van der Waals surface area contributed by atoms with E-state index in [4.69, 9.17) is 4.42 Å². The highest BCUT2D eigenvalue weighted by Crippen LogP contribution is 2.34. The van der Waals surface area contributed by atoms with Crippen LogP contribution >= 0.6 is 11.8 Å². The van der Waals surface area contributed by atoms with Crippen molar-refractivity contribution >= 4 is 17.7 Å². The van der Waals surface area contributed by atoms with Gasteiger partial charge >= 0.3 is 0 Å². The largest absolute Gasteiger partial charge is 0.468 e. The normalized spacial score (nSPS) is 19.3. The summed E-state index contributed by atoms with van der Waals surface area (Å²) in [5.41, 5.74) is 1.50. The molecule has 1 unspecified atom stereocenters. The average molecular weight is 302 g/mol. The fraction of sp³-hybridized carbons (Fsp3) is 0.375. The van der Waals surface area contributed by atoms with Crippen molar-refractivity contribution in [2.45, 2.75) is 18.6 Å². The summed E-state index contributed by atoms with van der Waals surface area (Å²) in [6, 6.07) is 7.61. The third-order valence-electron chi connectivity index (χ3n) is 3.73. The third kappa shape index (κ3) is 3.13. The molecule has 21 heavy (non-hydrogen) atoms. The van der Waals surface area contributed by atoms with Crippen molar-refractivity contribution in [2.75, 3.05) is 18.8 Å². The summed E-state index contributed by atoms with van der Waals surface area (Å²) < 4.78 is 5.49. The van der Waals surface area contributed by atoms with E-state index in [0.717, 1.165) is 36.7 Å². The maximum atomic E-state index is 12.6. The molecule has 3 heterocycles. The molecule has 1 amide bonds. The molecule has 1 saturated heterocycles. The maximum absolute atomic E-state index is 12.6. The molecule has 1 aliphatic rings. The molecule has 5 heteroatoms. The number of carbonyl (C=O) groups excluding carboxylic acids is 1. The Kier molecular flexibility index (Phi) is 4.29. The Balaban J connectivity index is 1.70. The summed E-state index contributed by atoms with van der Waals surface area (Å²) in [4.78, 5) is 18.8. The molecule has 0 saturated carbocycles. The standard InChI is InChI=1S/C16H18N2O2S/c1-12-13(4-2-7-17-12)16(19)18-8-6-15(21-11-9-18)14-5-3-10-20-14/h2-5,7,10,15H,6,8-9,11H2,1H3. The first kappa shape index (κ1) is 14.2. The van der Waals surface area contributed by atoms with E-state index < -0.39 is 0 Å². The van der Waals surface area contributed by atoms with Crippen LogP contribution in [0.3, 0.4) is 0 Å². The van der Waals surface area contributed by atoms with Crippen LogP contribution in [0.2, 0.25) is 0 Å². The van der Waals surface area contributed by atoms with E-state index >= 15 is 0 Å². The Labute approximate surface area is 128 Å². The van der Waals surface area contributed by atoms with Gasteiger partial charge in [-0.25, -0.2) is 0 Å². The van der Waals surface area contributed by atoms with Crippen LogP contribution in [0.4, 0.5) is 0 Å². The summed E-state index contributed by atoms with van der Waals surface area (Å²) >= 11 is 1.86. The number of nitrogens with zero attached hydrogens (tertiary/aromatic N) is 2. The van der Waals surface area contributed by atoms with Gasteiger partial charge in [0, 0.05) is 30.7 Å². The lowest BCUT2D eigenvalue weighted by Gasteiger charge is -2.20. The number of aryl methyl sites for hydroxylation is 1. The van der Waals surface area contributed by atoms with Crippen molar-refractivity contribution in [1.82, 2.24) is 9.88 Å². The Hall–Kier alpha value is -1.75. The number of carbonyl (C=O) groups is 1. The van der Waals surface area contributed by atoms with E-state index in [9.17, 15) is 4.79 Å². The number of rotatable bonds is 2. The SMILES string of the molecule is Cc1ncccc1C(=O)N1CCSC(c2ccco2)CC1. The summed E-state index contributed by atoms with van der Waals surface area (Å²) in [5.74, 6) is 2.02. The molecule has 1 aliphatic heterocycles. The van der Waals surface area contributed by atoms with Gasteiger partial charge in [0.15, 0.2) is 0 Å².